The first-order chi connectivity index (χ1) is 10.0. The zero-order chi connectivity index (χ0) is 15.5. The van der Waals surface area contributed by atoms with Crippen LogP contribution < -0.4 is 5.73 Å². The van der Waals surface area contributed by atoms with E-state index in [1.54, 1.807) is 12.1 Å². The van der Waals surface area contributed by atoms with E-state index >= 15 is 0 Å². The molecule has 0 fully saturated rings. The molecule has 0 aliphatic heterocycles. The molecule has 4 heteroatoms. The van der Waals surface area contributed by atoms with E-state index in [1.165, 1.54) is 5.56 Å². The molecule has 2 aromatic carbocycles. The quantitative estimate of drug-likeness (QED) is 0.880. The van der Waals surface area contributed by atoms with Crippen molar-refractivity contribution >= 4 is 23.2 Å². The van der Waals surface area contributed by atoms with Crippen LogP contribution in [0.15, 0.2) is 42.5 Å². The van der Waals surface area contributed by atoms with Crippen LogP contribution in [0.2, 0.25) is 10.0 Å². The molecule has 112 valence electrons. The summed E-state index contributed by atoms with van der Waals surface area (Å²) >= 11 is 12.3. The second kappa shape index (κ2) is 6.80. The van der Waals surface area contributed by atoms with Gasteiger partial charge in [-0.15, -0.1) is 0 Å². The lowest BCUT2D eigenvalue weighted by Gasteiger charge is -2.32. The van der Waals surface area contributed by atoms with E-state index in [4.69, 9.17) is 28.9 Å². The van der Waals surface area contributed by atoms with Gasteiger partial charge in [-0.3, -0.25) is 0 Å². The average Bonchev–Trinajstić information content (AvgIpc) is 2.49. The molecule has 0 aliphatic rings. The molecule has 1 unspecified atom stereocenters. The fourth-order valence-electron chi connectivity index (χ4n) is 2.45. The average molecular weight is 324 g/mol. The molecule has 0 saturated heterocycles. The van der Waals surface area contributed by atoms with E-state index in [1.807, 2.05) is 37.3 Å². The lowest BCUT2D eigenvalue weighted by molar-refractivity contribution is 0.196. The lowest BCUT2D eigenvalue weighted by Crippen LogP contribution is -2.41. The molecule has 0 saturated carbocycles. The van der Waals surface area contributed by atoms with Gasteiger partial charge in [0, 0.05) is 22.0 Å². The first-order valence-corrected chi connectivity index (χ1v) is 7.58. The van der Waals surface area contributed by atoms with E-state index in [-0.39, 0.29) is 6.61 Å². The zero-order valence-electron chi connectivity index (χ0n) is 11.9. The molecule has 0 aliphatic carbocycles. The van der Waals surface area contributed by atoms with E-state index < -0.39 is 5.41 Å². The van der Waals surface area contributed by atoms with Crippen LogP contribution in [-0.2, 0) is 11.8 Å². The predicted molar refractivity (Wildman–Crippen MR) is 89.2 cm³/mol. The van der Waals surface area contributed by atoms with Gasteiger partial charge in [-0.25, -0.2) is 0 Å². The van der Waals surface area contributed by atoms with Crippen molar-refractivity contribution in [1.82, 2.24) is 0 Å². The van der Waals surface area contributed by atoms with Crippen LogP contribution in [-0.4, -0.2) is 18.3 Å². The number of nitrogens with two attached hydrogens (primary N) is 1. The zero-order valence-corrected chi connectivity index (χ0v) is 13.5. The van der Waals surface area contributed by atoms with Gasteiger partial charge in [0.15, 0.2) is 0 Å². The van der Waals surface area contributed by atoms with Crippen molar-refractivity contribution in [3.8, 4) is 0 Å². The second-order valence-corrected chi connectivity index (χ2v) is 6.26. The van der Waals surface area contributed by atoms with Gasteiger partial charge in [-0.05, 0) is 42.7 Å². The molecular formula is C17H19Cl2NO. The Hall–Kier alpha value is -1.06. The van der Waals surface area contributed by atoms with Crippen molar-refractivity contribution in [3.05, 3.63) is 69.2 Å². The molecule has 2 aromatic rings. The summed E-state index contributed by atoms with van der Waals surface area (Å²) in [4.78, 5) is 0. The first-order valence-electron chi connectivity index (χ1n) is 6.83. The predicted octanol–water partition coefficient (Wildman–Crippen LogP) is 3.73. The number of hydrogen-bond donors (Lipinski definition) is 2. The van der Waals surface area contributed by atoms with Crippen molar-refractivity contribution in [2.45, 2.75) is 18.8 Å². The summed E-state index contributed by atoms with van der Waals surface area (Å²) in [6, 6.07) is 13.4. The second-order valence-electron chi connectivity index (χ2n) is 5.42. The summed E-state index contributed by atoms with van der Waals surface area (Å²) < 4.78 is 0. The van der Waals surface area contributed by atoms with Gasteiger partial charge in [-0.1, -0.05) is 53.0 Å². The molecule has 0 heterocycles. The monoisotopic (exact) mass is 323 g/mol. The minimum atomic E-state index is -0.554. The molecule has 3 N–H and O–H groups in total. The molecule has 0 bridgehead atoms. The number of hydrogen-bond acceptors (Lipinski definition) is 2. The van der Waals surface area contributed by atoms with Crippen LogP contribution in [0.5, 0.6) is 0 Å². The Morgan fingerprint density at radius 1 is 1.10 bits per heavy atom. The molecule has 0 spiro atoms. The molecule has 0 radical (unpaired) electrons. The van der Waals surface area contributed by atoms with Crippen LogP contribution >= 0.6 is 23.2 Å². The topological polar surface area (TPSA) is 46.2 Å². The SMILES string of the molecule is Cc1ccc(C(CN)(CO)Cc2cc(Cl)ccc2Cl)cc1. The van der Waals surface area contributed by atoms with Gasteiger partial charge in [0.1, 0.15) is 0 Å². The van der Waals surface area contributed by atoms with E-state index in [2.05, 4.69) is 0 Å². The summed E-state index contributed by atoms with van der Waals surface area (Å²) in [7, 11) is 0. The Morgan fingerprint density at radius 2 is 1.76 bits per heavy atom. The minimum Gasteiger partial charge on any atom is -0.395 e. The molecular weight excluding hydrogens is 305 g/mol. The molecule has 2 rings (SSSR count). The van der Waals surface area contributed by atoms with Crippen molar-refractivity contribution in [3.63, 3.8) is 0 Å². The molecule has 0 amide bonds. The Kier molecular flexibility index (Phi) is 5.28. The summed E-state index contributed by atoms with van der Waals surface area (Å²) in [5, 5.41) is 11.2. The number of rotatable bonds is 5. The van der Waals surface area contributed by atoms with Crippen LogP contribution in [0.25, 0.3) is 0 Å². The number of aliphatic hydroxyl groups excluding tert-OH is 1. The highest BCUT2D eigenvalue weighted by Crippen LogP contribution is 2.31. The molecule has 21 heavy (non-hydrogen) atoms. The van der Waals surface area contributed by atoms with Crippen LogP contribution in [0.1, 0.15) is 16.7 Å². The van der Waals surface area contributed by atoms with E-state index in [0.717, 1.165) is 11.1 Å². The first kappa shape index (κ1) is 16.3. The van der Waals surface area contributed by atoms with Crippen molar-refractivity contribution in [2.24, 2.45) is 5.73 Å². The van der Waals surface area contributed by atoms with Crippen molar-refractivity contribution in [1.29, 1.82) is 0 Å². The lowest BCUT2D eigenvalue weighted by atomic mass is 9.76. The van der Waals surface area contributed by atoms with E-state index in [9.17, 15) is 5.11 Å². The Labute approximate surface area is 135 Å². The maximum atomic E-state index is 9.96. The van der Waals surface area contributed by atoms with Gasteiger partial charge in [0.05, 0.1) is 6.61 Å². The number of aliphatic hydroxyl groups is 1. The summed E-state index contributed by atoms with van der Waals surface area (Å²) in [6.45, 7) is 2.31. The highest BCUT2D eigenvalue weighted by Gasteiger charge is 2.31. The van der Waals surface area contributed by atoms with E-state index in [0.29, 0.717) is 23.0 Å². The van der Waals surface area contributed by atoms with Gasteiger partial charge < -0.3 is 10.8 Å². The molecule has 1 atom stereocenters. The Morgan fingerprint density at radius 3 is 2.33 bits per heavy atom. The van der Waals surface area contributed by atoms with Crippen LogP contribution in [0.4, 0.5) is 0 Å². The highest BCUT2D eigenvalue weighted by atomic mass is 35.5. The fourth-order valence-corrected chi connectivity index (χ4v) is 2.83. The van der Waals surface area contributed by atoms with Crippen LogP contribution in [0.3, 0.4) is 0 Å². The fraction of sp³-hybridized carbons (Fsp3) is 0.294. The number of halogens is 2. The maximum Gasteiger partial charge on any atom is 0.0543 e. The maximum absolute atomic E-state index is 9.96. The summed E-state index contributed by atoms with van der Waals surface area (Å²) in [5.74, 6) is 0. The van der Waals surface area contributed by atoms with Gasteiger partial charge in [-0.2, -0.15) is 0 Å². The molecule has 0 aromatic heterocycles. The van der Waals surface area contributed by atoms with Crippen LogP contribution in [0, 0.1) is 6.92 Å². The molecule has 2 nitrogen and oxygen atoms in total. The third-order valence-electron chi connectivity index (χ3n) is 3.89. The van der Waals surface area contributed by atoms with Gasteiger partial charge >= 0.3 is 0 Å². The Bertz CT molecular complexity index is 607. The van der Waals surface area contributed by atoms with Gasteiger partial charge in [0.25, 0.3) is 0 Å². The summed E-state index contributed by atoms with van der Waals surface area (Å²) in [6.07, 6.45) is 0.544. The standard InChI is InChI=1S/C17H19Cl2NO/c1-12-2-4-14(5-3-12)17(10-20,11-21)9-13-8-15(18)6-7-16(13)19/h2-8,21H,9-11,20H2,1H3. The minimum absolute atomic E-state index is 0.0462. The smallest absolute Gasteiger partial charge is 0.0543 e. The number of aryl methyl sites for hydroxylation is 1. The van der Waals surface area contributed by atoms with Gasteiger partial charge in [0.2, 0.25) is 0 Å². The Balaban J connectivity index is 2.42. The van der Waals surface area contributed by atoms with Crippen molar-refractivity contribution < 1.29 is 5.11 Å². The number of benzene rings is 2. The highest BCUT2D eigenvalue weighted by molar-refractivity contribution is 6.33. The summed E-state index contributed by atoms with van der Waals surface area (Å²) in [5.41, 5.74) is 8.51. The van der Waals surface area contributed by atoms with Crippen molar-refractivity contribution in [2.75, 3.05) is 13.2 Å². The third kappa shape index (κ3) is 3.58. The third-order valence-corrected chi connectivity index (χ3v) is 4.50. The largest absolute Gasteiger partial charge is 0.395 e. The normalized spacial score (nSPS) is 14.0.